The lowest BCUT2D eigenvalue weighted by atomic mass is 10.1. The lowest BCUT2D eigenvalue weighted by Gasteiger charge is -2.06. The van der Waals surface area contributed by atoms with Crippen LogP contribution in [-0.2, 0) is 6.42 Å². The summed E-state index contributed by atoms with van der Waals surface area (Å²) in [6, 6.07) is 17.4. The lowest BCUT2D eigenvalue weighted by Crippen LogP contribution is -2.25. The Morgan fingerprint density at radius 3 is 2.29 bits per heavy atom. The van der Waals surface area contributed by atoms with Crippen LogP contribution >= 0.6 is 0 Å². The van der Waals surface area contributed by atoms with E-state index in [0.717, 1.165) is 16.7 Å². The lowest BCUT2D eigenvalue weighted by molar-refractivity contribution is 0.0954. The Hall–Kier alpha value is -3.01. The Labute approximate surface area is 141 Å². The molecule has 0 saturated heterocycles. The molecule has 120 valence electrons. The molecule has 1 N–H and O–H groups in total. The summed E-state index contributed by atoms with van der Waals surface area (Å²) in [4.78, 5) is 20.8. The van der Waals surface area contributed by atoms with Gasteiger partial charge in [0.25, 0.3) is 5.91 Å². The fourth-order valence-corrected chi connectivity index (χ4v) is 2.35. The molecule has 0 fully saturated rings. The minimum Gasteiger partial charge on any atom is -0.352 e. The number of hydrogen-bond donors (Lipinski definition) is 1. The third kappa shape index (κ3) is 4.04. The summed E-state index contributed by atoms with van der Waals surface area (Å²) in [6.07, 6.45) is 4.33. The van der Waals surface area contributed by atoms with Crippen LogP contribution in [0.4, 0.5) is 0 Å². The third-order valence-corrected chi connectivity index (χ3v) is 3.75. The predicted octanol–water partition coefficient (Wildman–Crippen LogP) is 3.42. The summed E-state index contributed by atoms with van der Waals surface area (Å²) in [6.45, 7) is 2.56. The summed E-state index contributed by atoms with van der Waals surface area (Å²) in [5, 5.41) is 2.92. The zero-order valence-corrected chi connectivity index (χ0v) is 13.6. The van der Waals surface area contributed by atoms with E-state index in [1.165, 1.54) is 0 Å². The van der Waals surface area contributed by atoms with Crippen LogP contribution in [0.3, 0.4) is 0 Å². The molecule has 3 rings (SSSR count). The maximum atomic E-state index is 12.0. The summed E-state index contributed by atoms with van der Waals surface area (Å²) >= 11 is 0. The van der Waals surface area contributed by atoms with Gasteiger partial charge in [0.1, 0.15) is 0 Å². The fourth-order valence-electron chi connectivity index (χ4n) is 2.35. The molecule has 0 aliphatic carbocycles. The second-order valence-electron chi connectivity index (χ2n) is 5.65. The van der Waals surface area contributed by atoms with Gasteiger partial charge < -0.3 is 5.32 Å². The highest BCUT2D eigenvalue weighted by molar-refractivity contribution is 5.94. The molecule has 0 radical (unpaired) electrons. The fraction of sp³-hybridized carbons (Fsp3) is 0.150. The van der Waals surface area contributed by atoms with Crippen molar-refractivity contribution in [3.63, 3.8) is 0 Å². The molecule has 0 aliphatic heterocycles. The molecule has 0 spiro atoms. The first-order chi connectivity index (χ1) is 11.7. The molecule has 0 bridgehead atoms. The van der Waals surface area contributed by atoms with Gasteiger partial charge in [-0.3, -0.25) is 4.79 Å². The minimum atomic E-state index is -0.0585. The molecule has 1 aromatic heterocycles. The van der Waals surface area contributed by atoms with Crippen LogP contribution in [0.5, 0.6) is 0 Å². The van der Waals surface area contributed by atoms with Crippen molar-refractivity contribution in [1.29, 1.82) is 0 Å². The highest BCUT2D eigenvalue weighted by Gasteiger charge is 2.05. The number of carbonyl (C=O) groups excluding carboxylic acids is 1. The van der Waals surface area contributed by atoms with Gasteiger partial charge in [-0.2, -0.15) is 0 Å². The van der Waals surface area contributed by atoms with Crippen molar-refractivity contribution in [2.45, 2.75) is 13.3 Å². The smallest absolute Gasteiger partial charge is 0.251 e. The van der Waals surface area contributed by atoms with Gasteiger partial charge in [0.15, 0.2) is 5.82 Å². The normalized spacial score (nSPS) is 10.4. The van der Waals surface area contributed by atoms with E-state index in [1.54, 1.807) is 0 Å². The van der Waals surface area contributed by atoms with Crippen LogP contribution in [0.1, 0.15) is 21.5 Å². The van der Waals surface area contributed by atoms with E-state index in [-0.39, 0.29) is 5.91 Å². The van der Waals surface area contributed by atoms with Crippen LogP contribution in [0.25, 0.3) is 11.4 Å². The summed E-state index contributed by atoms with van der Waals surface area (Å²) < 4.78 is 0. The van der Waals surface area contributed by atoms with Gasteiger partial charge in [0, 0.05) is 30.1 Å². The molecular weight excluding hydrogens is 298 g/mol. The maximum absolute atomic E-state index is 12.0. The molecule has 3 aromatic rings. The van der Waals surface area contributed by atoms with E-state index in [9.17, 15) is 4.79 Å². The highest BCUT2D eigenvalue weighted by Crippen LogP contribution is 2.13. The molecule has 1 heterocycles. The number of benzene rings is 2. The zero-order valence-electron chi connectivity index (χ0n) is 13.6. The SMILES string of the molecule is Cc1ccc(C(=O)NCCc2cnc(-c3ccccc3)nc2)cc1. The Kier molecular flexibility index (Phi) is 4.96. The van der Waals surface area contributed by atoms with E-state index >= 15 is 0 Å². The quantitative estimate of drug-likeness (QED) is 0.784. The standard InChI is InChI=1S/C20H19N3O/c1-15-7-9-18(10-8-15)20(24)21-12-11-16-13-22-19(23-14-16)17-5-3-2-4-6-17/h2-10,13-14H,11-12H2,1H3,(H,21,24). The van der Waals surface area contributed by atoms with Gasteiger partial charge in [0.05, 0.1) is 0 Å². The Balaban J connectivity index is 1.53. The molecule has 1 amide bonds. The van der Waals surface area contributed by atoms with E-state index in [1.807, 2.05) is 73.9 Å². The summed E-state index contributed by atoms with van der Waals surface area (Å²) in [5.74, 6) is 0.653. The predicted molar refractivity (Wildman–Crippen MR) is 94.7 cm³/mol. The first kappa shape index (κ1) is 15.9. The molecule has 0 aliphatic rings. The van der Waals surface area contributed by atoms with E-state index in [4.69, 9.17) is 0 Å². The first-order valence-corrected chi connectivity index (χ1v) is 7.93. The minimum absolute atomic E-state index is 0.0585. The van der Waals surface area contributed by atoms with Crippen molar-refractivity contribution in [1.82, 2.24) is 15.3 Å². The van der Waals surface area contributed by atoms with Gasteiger partial charge in [-0.25, -0.2) is 9.97 Å². The second kappa shape index (κ2) is 7.51. The van der Waals surface area contributed by atoms with Crippen molar-refractivity contribution in [2.24, 2.45) is 0 Å². The second-order valence-corrected chi connectivity index (χ2v) is 5.65. The van der Waals surface area contributed by atoms with Crippen LogP contribution in [0.15, 0.2) is 67.0 Å². The molecule has 0 unspecified atom stereocenters. The molecule has 0 atom stereocenters. The molecule has 24 heavy (non-hydrogen) atoms. The number of amides is 1. The molecule has 2 aromatic carbocycles. The number of carbonyl (C=O) groups is 1. The monoisotopic (exact) mass is 317 g/mol. The van der Waals surface area contributed by atoms with Gasteiger partial charge in [-0.1, -0.05) is 48.0 Å². The number of aryl methyl sites for hydroxylation is 1. The Bertz CT molecular complexity index is 797. The summed E-state index contributed by atoms with van der Waals surface area (Å²) in [5.41, 5.74) is 3.81. The molecule has 0 saturated carbocycles. The topological polar surface area (TPSA) is 54.9 Å². The maximum Gasteiger partial charge on any atom is 0.251 e. The van der Waals surface area contributed by atoms with E-state index < -0.39 is 0 Å². The van der Waals surface area contributed by atoms with Crippen LogP contribution < -0.4 is 5.32 Å². The van der Waals surface area contributed by atoms with Crippen molar-refractivity contribution < 1.29 is 4.79 Å². The molecule has 4 nitrogen and oxygen atoms in total. The highest BCUT2D eigenvalue weighted by atomic mass is 16.1. The number of aromatic nitrogens is 2. The van der Waals surface area contributed by atoms with Crippen molar-refractivity contribution >= 4 is 5.91 Å². The average molecular weight is 317 g/mol. The third-order valence-electron chi connectivity index (χ3n) is 3.75. The van der Waals surface area contributed by atoms with Crippen molar-refractivity contribution in [3.8, 4) is 11.4 Å². The number of nitrogens with one attached hydrogen (secondary N) is 1. The largest absolute Gasteiger partial charge is 0.352 e. The number of rotatable bonds is 5. The van der Waals surface area contributed by atoms with Crippen LogP contribution in [0, 0.1) is 6.92 Å². The zero-order chi connectivity index (χ0) is 16.8. The number of hydrogen-bond acceptors (Lipinski definition) is 3. The Morgan fingerprint density at radius 2 is 1.62 bits per heavy atom. The molecule has 4 heteroatoms. The van der Waals surface area contributed by atoms with E-state index in [2.05, 4.69) is 15.3 Å². The van der Waals surface area contributed by atoms with Crippen LogP contribution in [0.2, 0.25) is 0 Å². The van der Waals surface area contributed by atoms with Crippen molar-refractivity contribution in [3.05, 3.63) is 83.7 Å². The van der Waals surface area contributed by atoms with Gasteiger partial charge in [-0.15, -0.1) is 0 Å². The van der Waals surface area contributed by atoms with Crippen LogP contribution in [-0.4, -0.2) is 22.4 Å². The van der Waals surface area contributed by atoms with E-state index in [0.29, 0.717) is 24.4 Å². The molecular formula is C20H19N3O. The Morgan fingerprint density at radius 1 is 0.958 bits per heavy atom. The number of nitrogens with zero attached hydrogens (tertiary/aromatic N) is 2. The summed E-state index contributed by atoms with van der Waals surface area (Å²) in [7, 11) is 0. The average Bonchev–Trinajstić information content (AvgIpc) is 2.63. The van der Waals surface area contributed by atoms with Gasteiger partial charge >= 0.3 is 0 Å². The first-order valence-electron chi connectivity index (χ1n) is 7.93. The van der Waals surface area contributed by atoms with Gasteiger partial charge in [0.2, 0.25) is 0 Å². The van der Waals surface area contributed by atoms with Crippen molar-refractivity contribution in [2.75, 3.05) is 6.54 Å². The van der Waals surface area contributed by atoms with Gasteiger partial charge in [-0.05, 0) is 31.0 Å².